The van der Waals surface area contributed by atoms with E-state index in [-0.39, 0.29) is 17.6 Å². The molecule has 1 aliphatic rings. The lowest BCUT2D eigenvalue weighted by molar-refractivity contribution is -0.274. The van der Waals surface area contributed by atoms with Gasteiger partial charge in [0.15, 0.2) is 11.0 Å². The third kappa shape index (κ3) is 7.92. The zero-order chi connectivity index (χ0) is 31.3. The van der Waals surface area contributed by atoms with E-state index in [4.69, 9.17) is 12.2 Å². The van der Waals surface area contributed by atoms with Crippen molar-refractivity contribution >= 4 is 45.7 Å². The molecule has 5 rings (SSSR count). The van der Waals surface area contributed by atoms with E-state index in [0.29, 0.717) is 33.8 Å². The average Bonchev–Trinajstić information content (AvgIpc) is 3.62. The number of unbranched alkanes of at least 4 members (excludes halogenated alkanes) is 1. The molecule has 0 aliphatic carbocycles. The van der Waals surface area contributed by atoms with Crippen LogP contribution in [0.4, 0.5) is 18.9 Å². The largest absolute Gasteiger partial charge is 0.573 e. The van der Waals surface area contributed by atoms with Crippen LogP contribution in [-0.2, 0) is 11.2 Å². The number of halogens is 3. The number of thioether (sulfide) groups is 1. The molecule has 0 spiro atoms. The number of anilines is 1. The predicted molar refractivity (Wildman–Crippen MR) is 172 cm³/mol. The van der Waals surface area contributed by atoms with Crippen LogP contribution in [-0.4, -0.2) is 42.9 Å². The molecule has 1 saturated heterocycles. The molecule has 0 radical (unpaired) electrons. The second-order valence-corrected chi connectivity index (χ2v) is 11.9. The van der Waals surface area contributed by atoms with Crippen molar-refractivity contribution in [3.8, 4) is 22.8 Å². The van der Waals surface area contributed by atoms with Crippen LogP contribution in [0.3, 0.4) is 0 Å². The Kier molecular flexibility index (Phi) is 9.80. The molecule has 2 heterocycles. The third-order valence-corrected chi connectivity index (χ3v) is 8.15. The van der Waals surface area contributed by atoms with Crippen LogP contribution in [0.1, 0.15) is 50.2 Å². The summed E-state index contributed by atoms with van der Waals surface area (Å²) in [5, 5.41) is 5.10. The second kappa shape index (κ2) is 13.7. The van der Waals surface area contributed by atoms with Gasteiger partial charge in [-0.1, -0.05) is 80.3 Å². The fraction of sp³-hybridized carbons (Fsp3) is 0.281. The van der Waals surface area contributed by atoms with Crippen molar-refractivity contribution < 1.29 is 22.7 Å². The molecule has 3 aromatic carbocycles. The van der Waals surface area contributed by atoms with E-state index in [1.165, 1.54) is 52.6 Å². The quantitative estimate of drug-likeness (QED) is 0.129. The maximum absolute atomic E-state index is 12.7. The number of thiocarbonyl (C=S) groups is 1. The van der Waals surface area contributed by atoms with Gasteiger partial charge in [0.25, 0.3) is 0 Å². The highest BCUT2D eigenvalue weighted by molar-refractivity contribution is 8.15. The third-order valence-electron chi connectivity index (χ3n) is 6.93. The molecule has 12 heteroatoms. The van der Waals surface area contributed by atoms with Crippen molar-refractivity contribution in [3.63, 3.8) is 0 Å². The van der Waals surface area contributed by atoms with E-state index in [9.17, 15) is 18.0 Å². The van der Waals surface area contributed by atoms with Gasteiger partial charge in [-0.05, 0) is 66.6 Å². The minimum Gasteiger partial charge on any atom is -0.406 e. The van der Waals surface area contributed by atoms with Crippen molar-refractivity contribution in [2.75, 3.05) is 10.7 Å². The van der Waals surface area contributed by atoms with Crippen molar-refractivity contribution in [2.45, 2.75) is 51.8 Å². The van der Waals surface area contributed by atoms with Crippen molar-refractivity contribution in [1.82, 2.24) is 14.8 Å². The smallest absolute Gasteiger partial charge is 0.406 e. The first-order valence-corrected chi connectivity index (χ1v) is 15.5. The minimum absolute atomic E-state index is 0.0173. The number of ether oxygens (including phenoxy) is 1. The van der Waals surface area contributed by atoms with E-state index in [0.717, 1.165) is 36.1 Å². The summed E-state index contributed by atoms with van der Waals surface area (Å²) in [6.07, 6.45) is 0.104. The molecule has 1 aliphatic heterocycles. The van der Waals surface area contributed by atoms with E-state index in [1.54, 1.807) is 4.90 Å². The number of hydrogen-bond acceptors (Lipinski definition) is 6. The van der Waals surface area contributed by atoms with Gasteiger partial charge in [0.1, 0.15) is 17.1 Å². The summed E-state index contributed by atoms with van der Waals surface area (Å²) in [7, 11) is 0. The molecule has 0 saturated carbocycles. The maximum Gasteiger partial charge on any atom is 0.573 e. The first-order chi connectivity index (χ1) is 21.1. The lowest BCUT2D eigenvalue weighted by Gasteiger charge is -2.21. The molecule has 1 aromatic heterocycles. The number of aliphatic imine (C=N–C) groups is 1. The van der Waals surface area contributed by atoms with Gasteiger partial charge in [-0.3, -0.25) is 9.69 Å². The Hall–Kier alpha value is -4.03. The Balaban J connectivity index is 1.12. The van der Waals surface area contributed by atoms with Crippen molar-refractivity contribution in [3.05, 3.63) is 90.3 Å². The van der Waals surface area contributed by atoms with Crippen LogP contribution in [0.5, 0.6) is 5.75 Å². The van der Waals surface area contributed by atoms with Crippen molar-refractivity contribution in [2.24, 2.45) is 4.99 Å². The Morgan fingerprint density at radius 1 is 1.05 bits per heavy atom. The molecule has 0 N–H and O–H groups in total. The van der Waals surface area contributed by atoms with E-state index >= 15 is 0 Å². The number of carbonyl (C=O) groups is 1. The molecular formula is C32H30F3N5O2S2. The number of carbonyl (C=O) groups excluding carboxylic acids is 1. The Morgan fingerprint density at radius 3 is 2.48 bits per heavy atom. The highest BCUT2D eigenvalue weighted by Crippen LogP contribution is 2.33. The van der Waals surface area contributed by atoms with Gasteiger partial charge in [0, 0.05) is 12.0 Å². The second-order valence-electron chi connectivity index (χ2n) is 10.5. The number of aromatic nitrogens is 3. The van der Waals surface area contributed by atoms with Gasteiger partial charge in [-0.25, -0.2) is 14.7 Å². The first-order valence-electron chi connectivity index (χ1n) is 14.1. The van der Waals surface area contributed by atoms with E-state index < -0.39 is 6.36 Å². The standard InChI is InChI=1S/C32H30F3N5O2S2/c1-21(2)26-8-4-5-9-27(26)40-29(41)19-44-31(40)37-28(43)10-6-3-7-22-11-13-23(14-12-22)30-36-20-39(38-30)24-15-17-25(18-16-24)42-32(33,34)35/h4-5,8-9,11-18,20-21H,3,6-7,10,19H2,1-2H3. The first kappa shape index (κ1) is 31.4. The van der Waals surface area contributed by atoms with E-state index in [1.807, 2.05) is 48.5 Å². The predicted octanol–water partition coefficient (Wildman–Crippen LogP) is 8.13. The summed E-state index contributed by atoms with van der Waals surface area (Å²) in [6, 6.07) is 21.3. The highest BCUT2D eigenvalue weighted by Gasteiger charge is 2.32. The van der Waals surface area contributed by atoms with Crippen LogP contribution in [0.25, 0.3) is 17.1 Å². The molecule has 228 valence electrons. The summed E-state index contributed by atoms with van der Waals surface area (Å²) in [5.41, 5.74) is 4.53. The number of alkyl halides is 3. The SMILES string of the molecule is CC(C)c1ccccc1N1C(=O)CSC1=NC(=S)CCCCc1ccc(-c2ncn(-c3ccc(OC(F)(F)F)cc3)n2)cc1. The van der Waals surface area contributed by atoms with Crippen LogP contribution < -0.4 is 9.64 Å². The molecule has 0 bridgehead atoms. The number of amidine groups is 1. The molecule has 0 atom stereocenters. The van der Waals surface area contributed by atoms with Crippen LogP contribution >= 0.6 is 24.0 Å². The maximum atomic E-state index is 12.7. The number of benzene rings is 3. The van der Waals surface area contributed by atoms with Crippen LogP contribution in [0, 0.1) is 0 Å². The molecule has 0 unspecified atom stereocenters. The monoisotopic (exact) mass is 637 g/mol. The zero-order valence-electron chi connectivity index (χ0n) is 24.1. The fourth-order valence-corrected chi connectivity index (χ4v) is 5.94. The van der Waals surface area contributed by atoms with Gasteiger partial charge in [-0.15, -0.1) is 18.3 Å². The van der Waals surface area contributed by atoms with Crippen molar-refractivity contribution in [1.29, 1.82) is 0 Å². The van der Waals surface area contributed by atoms with Gasteiger partial charge in [0.05, 0.1) is 17.1 Å². The number of amides is 1. The Morgan fingerprint density at radius 2 is 1.77 bits per heavy atom. The van der Waals surface area contributed by atoms with Gasteiger partial charge >= 0.3 is 6.36 Å². The highest BCUT2D eigenvalue weighted by atomic mass is 32.2. The van der Waals surface area contributed by atoms with Gasteiger partial charge in [0.2, 0.25) is 5.91 Å². The lowest BCUT2D eigenvalue weighted by Crippen LogP contribution is -2.30. The van der Waals surface area contributed by atoms with Gasteiger partial charge < -0.3 is 4.74 Å². The zero-order valence-corrected chi connectivity index (χ0v) is 25.8. The number of aryl methyl sites for hydroxylation is 1. The average molecular weight is 638 g/mol. The van der Waals surface area contributed by atoms with E-state index in [2.05, 4.69) is 33.7 Å². The number of hydrogen-bond donors (Lipinski definition) is 0. The molecular weight excluding hydrogens is 608 g/mol. The molecule has 44 heavy (non-hydrogen) atoms. The summed E-state index contributed by atoms with van der Waals surface area (Å²) in [5.74, 6) is 0.852. The Labute approximate surface area is 263 Å². The lowest BCUT2D eigenvalue weighted by atomic mass is 10.0. The van der Waals surface area contributed by atoms with Crippen LogP contribution in [0.2, 0.25) is 0 Å². The van der Waals surface area contributed by atoms with Gasteiger partial charge in [-0.2, -0.15) is 0 Å². The topological polar surface area (TPSA) is 72.6 Å². The summed E-state index contributed by atoms with van der Waals surface area (Å²) in [6.45, 7) is 4.22. The fourth-order valence-electron chi connectivity index (χ4n) is 4.77. The molecule has 7 nitrogen and oxygen atoms in total. The summed E-state index contributed by atoms with van der Waals surface area (Å²) >= 11 is 7.00. The number of para-hydroxylation sites is 1. The summed E-state index contributed by atoms with van der Waals surface area (Å²) < 4.78 is 42.6. The summed E-state index contributed by atoms with van der Waals surface area (Å²) in [4.78, 5) is 24.0. The molecule has 1 fully saturated rings. The molecule has 1 amide bonds. The minimum atomic E-state index is -4.74. The normalized spacial score (nSPS) is 14.5. The van der Waals surface area contributed by atoms with Crippen LogP contribution in [0.15, 0.2) is 84.1 Å². The Bertz CT molecular complexity index is 1650. The number of nitrogens with zero attached hydrogens (tertiary/aromatic N) is 5. The number of rotatable bonds is 10. The molecule has 4 aromatic rings.